The second kappa shape index (κ2) is 9.38. The van der Waals surface area contributed by atoms with Crippen LogP contribution in [0.1, 0.15) is 16.7 Å². The van der Waals surface area contributed by atoms with Gasteiger partial charge in [-0.05, 0) is 44.0 Å². The first-order valence-corrected chi connectivity index (χ1v) is 10.1. The van der Waals surface area contributed by atoms with Crippen molar-refractivity contribution < 1.29 is 14.0 Å². The summed E-state index contributed by atoms with van der Waals surface area (Å²) in [5.41, 5.74) is 4.68. The topological polar surface area (TPSA) is 97.1 Å². The Morgan fingerprint density at radius 1 is 0.966 bits per heavy atom. The summed E-state index contributed by atoms with van der Waals surface area (Å²) in [4.78, 5) is 24.1. The molecule has 7 nitrogen and oxygen atoms in total. The van der Waals surface area contributed by atoms with E-state index < -0.39 is 0 Å². The quantitative estimate of drug-likeness (QED) is 0.579. The number of aryl methyl sites for hydroxylation is 3. The molecule has 0 saturated heterocycles. The number of hydrogen-bond acceptors (Lipinski definition) is 6. The molecule has 150 valence electrons. The van der Waals surface area contributed by atoms with Crippen molar-refractivity contribution in [1.29, 1.82) is 0 Å². The fourth-order valence-electron chi connectivity index (χ4n) is 2.63. The van der Waals surface area contributed by atoms with Crippen LogP contribution in [-0.2, 0) is 9.59 Å². The van der Waals surface area contributed by atoms with Crippen molar-refractivity contribution in [1.82, 2.24) is 15.5 Å². The molecular weight excluding hydrogens is 388 g/mol. The third-order valence-electron chi connectivity index (χ3n) is 4.22. The fraction of sp³-hybridized carbons (Fsp3) is 0.238. The van der Waals surface area contributed by atoms with Crippen molar-refractivity contribution in [3.63, 3.8) is 0 Å². The number of rotatable bonds is 7. The molecule has 2 amide bonds. The van der Waals surface area contributed by atoms with Gasteiger partial charge in [0.1, 0.15) is 0 Å². The standard InChI is InChI=1S/C21H22N4O3S/c1-13-7-9-16(10-8-13)20-24-25-21(28-20)29-12-18(27)22-11-17(26)23-19-14(2)5-4-6-15(19)3/h4-10H,11-12H2,1-3H3,(H,22,27)(H,23,26). The maximum absolute atomic E-state index is 12.1. The molecule has 2 N–H and O–H groups in total. The van der Waals surface area contributed by atoms with Crippen molar-refractivity contribution in [3.8, 4) is 11.5 Å². The summed E-state index contributed by atoms with van der Waals surface area (Å²) >= 11 is 1.12. The van der Waals surface area contributed by atoms with Crippen LogP contribution in [0.4, 0.5) is 5.69 Å². The van der Waals surface area contributed by atoms with E-state index in [2.05, 4.69) is 20.8 Å². The summed E-state index contributed by atoms with van der Waals surface area (Å²) in [5.74, 6) is -0.0885. The number of amides is 2. The van der Waals surface area contributed by atoms with Gasteiger partial charge >= 0.3 is 0 Å². The molecule has 0 saturated carbocycles. The van der Waals surface area contributed by atoms with Crippen LogP contribution in [0.25, 0.3) is 11.5 Å². The number of carbonyl (C=O) groups is 2. The molecule has 0 aliphatic carbocycles. The number of carbonyl (C=O) groups excluding carboxylic acids is 2. The van der Waals surface area contributed by atoms with E-state index in [1.54, 1.807) is 0 Å². The Kier molecular flexibility index (Phi) is 6.66. The zero-order valence-electron chi connectivity index (χ0n) is 16.5. The maximum atomic E-state index is 12.1. The number of hydrogen-bond donors (Lipinski definition) is 2. The lowest BCUT2D eigenvalue weighted by Crippen LogP contribution is -2.34. The van der Waals surface area contributed by atoms with Crippen LogP contribution in [0.2, 0.25) is 0 Å². The number of aromatic nitrogens is 2. The van der Waals surface area contributed by atoms with Gasteiger partial charge in [0.05, 0.1) is 12.3 Å². The Morgan fingerprint density at radius 3 is 2.34 bits per heavy atom. The predicted molar refractivity (Wildman–Crippen MR) is 113 cm³/mol. The van der Waals surface area contributed by atoms with E-state index in [1.165, 1.54) is 0 Å². The Balaban J connectivity index is 1.45. The molecule has 1 aromatic heterocycles. The van der Waals surface area contributed by atoms with Gasteiger partial charge in [-0.25, -0.2) is 0 Å². The van der Waals surface area contributed by atoms with Gasteiger partial charge in [-0.2, -0.15) is 0 Å². The molecule has 0 radical (unpaired) electrons. The summed E-state index contributed by atoms with van der Waals surface area (Å²) in [7, 11) is 0. The monoisotopic (exact) mass is 410 g/mol. The molecule has 1 heterocycles. The molecule has 0 bridgehead atoms. The average Bonchev–Trinajstić information content (AvgIpc) is 3.17. The highest BCUT2D eigenvalue weighted by Gasteiger charge is 2.13. The molecule has 2 aromatic carbocycles. The molecule has 0 aliphatic heterocycles. The first-order valence-electron chi connectivity index (χ1n) is 9.08. The van der Waals surface area contributed by atoms with Crippen LogP contribution in [0.3, 0.4) is 0 Å². The third kappa shape index (κ3) is 5.68. The molecule has 0 unspecified atom stereocenters. The minimum absolute atomic E-state index is 0.0756. The summed E-state index contributed by atoms with van der Waals surface area (Å²) < 4.78 is 5.57. The number of nitrogens with one attached hydrogen (secondary N) is 2. The normalized spacial score (nSPS) is 10.6. The molecule has 0 spiro atoms. The van der Waals surface area contributed by atoms with E-state index in [-0.39, 0.29) is 24.1 Å². The van der Waals surface area contributed by atoms with Crippen LogP contribution < -0.4 is 10.6 Å². The van der Waals surface area contributed by atoms with E-state index in [9.17, 15) is 9.59 Å². The van der Waals surface area contributed by atoms with Gasteiger partial charge < -0.3 is 15.1 Å². The highest BCUT2D eigenvalue weighted by molar-refractivity contribution is 7.99. The highest BCUT2D eigenvalue weighted by atomic mass is 32.2. The van der Waals surface area contributed by atoms with Gasteiger partial charge in [0, 0.05) is 11.3 Å². The summed E-state index contributed by atoms with van der Waals surface area (Å²) in [6.07, 6.45) is 0. The van der Waals surface area contributed by atoms with Gasteiger partial charge in [-0.3, -0.25) is 9.59 Å². The van der Waals surface area contributed by atoms with Crippen molar-refractivity contribution in [2.24, 2.45) is 0 Å². The number of thioether (sulfide) groups is 1. The number of anilines is 1. The smallest absolute Gasteiger partial charge is 0.277 e. The molecule has 29 heavy (non-hydrogen) atoms. The lowest BCUT2D eigenvalue weighted by molar-refractivity contribution is -0.122. The highest BCUT2D eigenvalue weighted by Crippen LogP contribution is 2.23. The van der Waals surface area contributed by atoms with Gasteiger partial charge in [0.2, 0.25) is 17.7 Å². The Labute approximate surface area is 173 Å². The molecule has 0 atom stereocenters. The van der Waals surface area contributed by atoms with Crippen molar-refractivity contribution in [2.75, 3.05) is 17.6 Å². The van der Waals surface area contributed by atoms with Crippen molar-refractivity contribution in [2.45, 2.75) is 26.0 Å². The Bertz CT molecular complexity index is 995. The van der Waals surface area contributed by atoms with E-state index >= 15 is 0 Å². The van der Waals surface area contributed by atoms with Gasteiger partial charge in [0.25, 0.3) is 5.22 Å². The van der Waals surface area contributed by atoms with Gasteiger partial charge in [-0.1, -0.05) is 47.7 Å². The molecule has 3 aromatic rings. The second-order valence-corrected chi connectivity index (χ2v) is 7.55. The minimum Gasteiger partial charge on any atom is -0.411 e. The summed E-state index contributed by atoms with van der Waals surface area (Å²) in [5, 5.41) is 13.7. The van der Waals surface area contributed by atoms with Crippen LogP contribution in [0.5, 0.6) is 0 Å². The van der Waals surface area contributed by atoms with E-state index in [4.69, 9.17) is 4.42 Å². The van der Waals surface area contributed by atoms with E-state index in [0.717, 1.165) is 39.7 Å². The van der Waals surface area contributed by atoms with Crippen molar-refractivity contribution >= 4 is 29.3 Å². The fourth-order valence-corrected chi connectivity index (χ4v) is 3.23. The largest absolute Gasteiger partial charge is 0.411 e. The predicted octanol–water partition coefficient (Wildman–Crippen LogP) is 3.51. The first kappa shape index (κ1) is 20.6. The second-order valence-electron chi connectivity index (χ2n) is 6.62. The molecule has 8 heteroatoms. The first-order chi connectivity index (χ1) is 13.9. The third-order valence-corrected chi connectivity index (χ3v) is 5.04. The van der Waals surface area contributed by atoms with Gasteiger partial charge in [-0.15, -0.1) is 10.2 Å². The zero-order valence-corrected chi connectivity index (χ0v) is 17.3. The van der Waals surface area contributed by atoms with Crippen LogP contribution in [-0.4, -0.2) is 34.3 Å². The Hall–Kier alpha value is -3.13. The minimum atomic E-state index is -0.290. The van der Waals surface area contributed by atoms with Gasteiger partial charge in [0.15, 0.2) is 0 Å². The van der Waals surface area contributed by atoms with E-state index in [0.29, 0.717) is 11.1 Å². The number of nitrogens with zero attached hydrogens (tertiary/aromatic N) is 2. The Morgan fingerprint density at radius 2 is 1.66 bits per heavy atom. The molecule has 0 fully saturated rings. The average molecular weight is 410 g/mol. The van der Waals surface area contributed by atoms with Crippen molar-refractivity contribution in [3.05, 3.63) is 59.2 Å². The summed E-state index contributed by atoms with van der Waals surface area (Å²) in [6.45, 7) is 5.74. The van der Waals surface area contributed by atoms with E-state index in [1.807, 2.05) is 63.2 Å². The maximum Gasteiger partial charge on any atom is 0.277 e. The zero-order chi connectivity index (χ0) is 20.8. The summed E-state index contributed by atoms with van der Waals surface area (Å²) in [6, 6.07) is 13.5. The number of benzene rings is 2. The molecule has 3 rings (SSSR count). The van der Waals surface area contributed by atoms with Crippen LogP contribution in [0, 0.1) is 20.8 Å². The number of para-hydroxylation sites is 1. The lowest BCUT2D eigenvalue weighted by atomic mass is 10.1. The SMILES string of the molecule is Cc1ccc(-c2nnc(SCC(=O)NCC(=O)Nc3c(C)cccc3C)o2)cc1. The molecular formula is C21H22N4O3S. The van der Waals surface area contributed by atoms with Crippen LogP contribution >= 0.6 is 11.8 Å². The lowest BCUT2D eigenvalue weighted by Gasteiger charge is -2.11. The van der Waals surface area contributed by atoms with Crippen LogP contribution in [0.15, 0.2) is 52.1 Å². The molecule has 0 aliphatic rings.